The summed E-state index contributed by atoms with van der Waals surface area (Å²) in [6.07, 6.45) is 3.10. The Morgan fingerprint density at radius 3 is 2.68 bits per heavy atom. The van der Waals surface area contributed by atoms with Crippen LogP contribution >= 0.6 is 33.9 Å². The second-order valence-corrected chi connectivity index (χ2v) is 11.0. The molecule has 1 aliphatic carbocycles. The highest BCUT2D eigenvalue weighted by atomic mass is 127. The van der Waals surface area contributed by atoms with Crippen LogP contribution in [0.25, 0.3) is 11.8 Å². The number of halogens is 2. The number of fused-ring (bicyclic) bond motifs is 3. The summed E-state index contributed by atoms with van der Waals surface area (Å²) in [7, 11) is 0. The number of rotatable bonds is 3. The summed E-state index contributed by atoms with van der Waals surface area (Å²) in [6.45, 7) is 0. The SMILES string of the molecule is O=c1c(=Cc2cc(I)c(O)c([N+](=O)[O-])c2)sc2n1C(c1ccc(F)cc1)C1=C(N=2)c2ccccc2CC1. The van der Waals surface area contributed by atoms with Gasteiger partial charge >= 0.3 is 5.69 Å². The van der Waals surface area contributed by atoms with Crippen molar-refractivity contribution in [3.8, 4) is 5.75 Å². The Hall–Kier alpha value is -3.64. The van der Waals surface area contributed by atoms with Crippen molar-refractivity contribution in [3.63, 3.8) is 0 Å². The average molecular weight is 625 g/mol. The molecule has 10 heteroatoms. The molecule has 2 aliphatic rings. The number of thiazole rings is 1. The summed E-state index contributed by atoms with van der Waals surface area (Å²) in [6, 6.07) is 16.6. The van der Waals surface area contributed by atoms with Crippen LogP contribution in [0.5, 0.6) is 5.75 Å². The van der Waals surface area contributed by atoms with Crippen LogP contribution in [-0.4, -0.2) is 14.6 Å². The first-order chi connectivity index (χ1) is 17.8. The van der Waals surface area contributed by atoms with Crippen molar-refractivity contribution in [2.24, 2.45) is 4.99 Å². The largest absolute Gasteiger partial charge is 0.501 e. The van der Waals surface area contributed by atoms with Crippen molar-refractivity contribution in [2.75, 3.05) is 0 Å². The Labute approximate surface area is 226 Å². The first kappa shape index (κ1) is 23.7. The Kier molecular flexibility index (Phi) is 5.80. The zero-order valence-corrected chi connectivity index (χ0v) is 22.0. The molecule has 0 radical (unpaired) electrons. The Bertz CT molecular complexity index is 1830. The topological polar surface area (TPSA) is 97.7 Å². The van der Waals surface area contributed by atoms with Crippen molar-refractivity contribution in [3.05, 3.63) is 128 Å². The van der Waals surface area contributed by atoms with E-state index in [2.05, 4.69) is 6.07 Å². The van der Waals surface area contributed by atoms with E-state index < -0.39 is 22.4 Å². The van der Waals surface area contributed by atoms with Gasteiger partial charge in [-0.05, 0) is 82.0 Å². The lowest BCUT2D eigenvalue weighted by atomic mass is 9.83. The maximum atomic E-state index is 13.8. The summed E-state index contributed by atoms with van der Waals surface area (Å²) in [4.78, 5) is 29.9. The minimum Gasteiger partial charge on any atom is -0.501 e. The van der Waals surface area contributed by atoms with Crippen LogP contribution in [0.2, 0.25) is 0 Å². The molecule has 0 saturated heterocycles. The maximum absolute atomic E-state index is 13.8. The van der Waals surface area contributed by atoms with E-state index >= 15 is 0 Å². The molecule has 3 aromatic carbocycles. The highest BCUT2D eigenvalue weighted by Gasteiger charge is 2.32. The molecule has 6 rings (SSSR count). The predicted molar refractivity (Wildman–Crippen MR) is 147 cm³/mol. The lowest BCUT2D eigenvalue weighted by Gasteiger charge is -2.30. The first-order valence-electron chi connectivity index (χ1n) is 11.4. The van der Waals surface area contributed by atoms with Gasteiger partial charge in [0, 0.05) is 11.6 Å². The second kappa shape index (κ2) is 9.03. The number of aromatic nitrogens is 1. The number of nitro benzene ring substituents is 1. The van der Waals surface area contributed by atoms with Gasteiger partial charge in [0.15, 0.2) is 4.80 Å². The third kappa shape index (κ3) is 4.00. The van der Waals surface area contributed by atoms with Gasteiger partial charge in [0.25, 0.3) is 5.56 Å². The number of hydrogen-bond donors (Lipinski definition) is 1. The lowest BCUT2D eigenvalue weighted by Crippen LogP contribution is -2.38. The molecular weight excluding hydrogens is 608 g/mol. The van der Waals surface area contributed by atoms with Crippen LogP contribution in [0.3, 0.4) is 0 Å². The van der Waals surface area contributed by atoms with E-state index in [-0.39, 0.29) is 11.4 Å². The number of phenols is 1. The quantitative estimate of drug-likeness (QED) is 0.203. The van der Waals surface area contributed by atoms with Gasteiger partial charge in [-0.1, -0.05) is 47.7 Å². The second-order valence-electron chi connectivity index (χ2n) is 8.79. The molecule has 0 amide bonds. The monoisotopic (exact) mass is 625 g/mol. The molecule has 184 valence electrons. The molecule has 1 aromatic heterocycles. The van der Waals surface area contributed by atoms with Crippen LogP contribution in [-0.2, 0) is 6.42 Å². The van der Waals surface area contributed by atoms with Gasteiger partial charge < -0.3 is 5.11 Å². The van der Waals surface area contributed by atoms with Crippen molar-refractivity contribution in [1.29, 1.82) is 0 Å². The van der Waals surface area contributed by atoms with Crippen molar-refractivity contribution in [2.45, 2.75) is 18.9 Å². The van der Waals surface area contributed by atoms with Gasteiger partial charge in [-0.2, -0.15) is 0 Å². The third-order valence-electron chi connectivity index (χ3n) is 6.62. The molecule has 4 aromatic rings. The van der Waals surface area contributed by atoms with E-state index in [0.717, 1.165) is 28.8 Å². The van der Waals surface area contributed by atoms with E-state index in [9.17, 15) is 24.4 Å². The molecule has 7 nitrogen and oxygen atoms in total. The Morgan fingerprint density at radius 2 is 1.92 bits per heavy atom. The van der Waals surface area contributed by atoms with E-state index in [1.54, 1.807) is 28.8 Å². The molecule has 1 atom stereocenters. The van der Waals surface area contributed by atoms with Crippen LogP contribution in [0, 0.1) is 19.5 Å². The molecule has 2 heterocycles. The van der Waals surface area contributed by atoms with Gasteiger partial charge in [0.05, 0.1) is 24.8 Å². The number of hydrogen-bond acceptors (Lipinski definition) is 6. The third-order valence-corrected chi connectivity index (χ3v) is 8.42. The molecule has 0 saturated carbocycles. The molecule has 0 bridgehead atoms. The van der Waals surface area contributed by atoms with Crippen LogP contribution in [0.15, 0.2) is 76.0 Å². The number of nitro groups is 1. The van der Waals surface area contributed by atoms with Gasteiger partial charge in [-0.3, -0.25) is 19.5 Å². The molecule has 37 heavy (non-hydrogen) atoms. The number of aromatic hydroxyl groups is 1. The number of phenolic OH excluding ortho intramolecular Hbond substituents is 1. The van der Waals surface area contributed by atoms with Crippen molar-refractivity contribution in [1.82, 2.24) is 4.57 Å². The molecule has 1 N–H and O–H groups in total. The van der Waals surface area contributed by atoms with E-state index in [1.807, 2.05) is 40.8 Å². The van der Waals surface area contributed by atoms with Gasteiger partial charge in [0.2, 0.25) is 5.75 Å². The van der Waals surface area contributed by atoms with Crippen LogP contribution < -0.4 is 14.9 Å². The molecule has 0 fully saturated rings. The number of nitrogens with zero attached hydrogens (tertiary/aromatic N) is 3. The summed E-state index contributed by atoms with van der Waals surface area (Å²) in [5.74, 6) is -0.769. The fraction of sp³-hybridized carbons (Fsp3) is 0.111. The molecule has 1 aliphatic heterocycles. The van der Waals surface area contributed by atoms with E-state index in [0.29, 0.717) is 24.9 Å². The first-order valence-corrected chi connectivity index (χ1v) is 13.3. The molecule has 0 spiro atoms. The van der Waals surface area contributed by atoms with Crippen molar-refractivity contribution >= 4 is 51.4 Å². The number of aryl methyl sites for hydroxylation is 1. The minimum absolute atomic E-state index is 0.283. The fourth-order valence-electron chi connectivity index (χ4n) is 4.95. The Morgan fingerprint density at radius 1 is 1.16 bits per heavy atom. The summed E-state index contributed by atoms with van der Waals surface area (Å²) >= 11 is 3.02. The van der Waals surface area contributed by atoms with Gasteiger partial charge in [-0.25, -0.2) is 9.38 Å². The van der Waals surface area contributed by atoms with Crippen LogP contribution in [0.4, 0.5) is 10.1 Å². The highest BCUT2D eigenvalue weighted by molar-refractivity contribution is 14.1. The predicted octanol–water partition coefficient (Wildman–Crippen LogP) is 4.68. The van der Waals surface area contributed by atoms with E-state index in [1.165, 1.54) is 35.1 Å². The summed E-state index contributed by atoms with van der Waals surface area (Å²) in [5.41, 5.74) is 4.54. The lowest BCUT2D eigenvalue weighted by molar-refractivity contribution is -0.386. The highest BCUT2D eigenvalue weighted by Crippen LogP contribution is 2.41. The summed E-state index contributed by atoms with van der Waals surface area (Å²) in [5, 5.41) is 21.4. The van der Waals surface area contributed by atoms with Crippen molar-refractivity contribution < 1.29 is 14.4 Å². The number of benzene rings is 3. The number of allylic oxidation sites excluding steroid dienone is 1. The van der Waals surface area contributed by atoms with Crippen LogP contribution in [0.1, 0.15) is 34.7 Å². The molecule has 1 unspecified atom stereocenters. The zero-order valence-electron chi connectivity index (χ0n) is 19.0. The molecular formula is C27H17FIN3O4S. The standard InChI is InChI=1S/C27H17FIN3O4S/c28-17-8-5-16(6-9-17)24-19-10-7-15-3-1-2-4-18(15)23(19)30-27-31(24)26(34)22(37-27)13-14-11-20(29)25(33)21(12-14)32(35)36/h1-6,8-9,11-13,24,33H,7,10H2. The zero-order chi connectivity index (χ0) is 25.8. The van der Waals surface area contributed by atoms with Gasteiger partial charge in [0.1, 0.15) is 5.82 Å². The maximum Gasteiger partial charge on any atom is 0.312 e. The van der Waals surface area contributed by atoms with Gasteiger partial charge in [-0.15, -0.1) is 0 Å². The van der Waals surface area contributed by atoms with E-state index in [4.69, 9.17) is 4.99 Å². The minimum atomic E-state index is -0.656. The normalized spacial score (nSPS) is 16.6. The smallest absolute Gasteiger partial charge is 0.312 e. The Balaban J connectivity index is 1.61. The average Bonchev–Trinajstić information content (AvgIpc) is 3.19. The summed E-state index contributed by atoms with van der Waals surface area (Å²) < 4.78 is 16.1. The fourth-order valence-corrected chi connectivity index (χ4v) is 6.58.